The second kappa shape index (κ2) is 13.1. The predicted octanol–water partition coefficient (Wildman–Crippen LogP) is -2.07. The summed E-state index contributed by atoms with van der Waals surface area (Å²) in [7, 11) is 0. The van der Waals surface area contributed by atoms with Crippen molar-refractivity contribution in [3.63, 3.8) is 0 Å². The highest BCUT2D eigenvalue weighted by atomic mass is 16.7. The standard InChI is InChI=1S/C21H36O11/c1-11(4-3-5-12(2)8-22)6-7-29-21-19(28)17(26)16(25)14(32-21)10-31-20-18(27)15(24)13(23)9-30-20/h5-6,13-28H,3-4,7-10H2,1-2H3. The van der Waals surface area contributed by atoms with Gasteiger partial charge in [0.15, 0.2) is 12.6 Å². The molecule has 0 saturated carbocycles. The Labute approximate surface area is 187 Å². The third-order valence-electron chi connectivity index (χ3n) is 5.52. The molecular formula is C21H36O11. The molecule has 0 spiro atoms. The SMILES string of the molecule is CC(=CCCC(C)=CCOC1OC(COC2OCC(O)C(O)C2O)C(O)C(O)C1O)CO. The molecule has 0 amide bonds. The van der Waals surface area contributed by atoms with E-state index in [1.54, 1.807) is 6.08 Å². The van der Waals surface area contributed by atoms with Gasteiger partial charge in [0, 0.05) is 0 Å². The Morgan fingerprint density at radius 2 is 1.53 bits per heavy atom. The van der Waals surface area contributed by atoms with Crippen molar-refractivity contribution in [1.29, 1.82) is 0 Å². The Hall–Kier alpha value is -0.960. The maximum atomic E-state index is 10.2. The van der Waals surface area contributed by atoms with E-state index in [4.69, 9.17) is 24.1 Å². The Kier molecular flexibility index (Phi) is 11.1. The average molecular weight is 465 g/mol. The Balaban J connectivity index is 1.85. The summed E-state index contributed by atoms with van der Waals surface area (Å²) in [5.74, 6) is 0. The lowest BCUT2D eigenvalue weighted by Crippen LogP contribution is -2.60. The minimum atomic E-state index is -1.55. The lowest BCUT2D eigenvalue weighted by molar-refractivity contribution is -0.319. The molecule has 7 N–H and O–H groups in total. The molecule has 0 bridgehead atoms. The van der Waals surface area contributed by atoms with E-state index in [9.17, 15) is 30.6 Å². The van der Waals surface area contributed by atoms with E-state index in [-0.39, 0.29) is 26.4 Å². The number of aliphatic hydroxyl groups excluding tert-OH is 7. The van der Waals surface area contributed by atoms with Gasteiger partial charge in [0.2, 0.25) is 0 Å². The van der Waals surface area contributed by atoms with Crippen LogP contribution in [-0.2, 0) is 18.9 Å². The van der Waals surface area contributed by atoms with Gasteiger partial charge in [-0.3, -0.25) is 0 Å². The Morgan fingerprint density at radius 1 is 0.844 bits per heavy atom. The average Bonchev–Trinajstić information content (AvgIpc) is 2.77. The van der Waals surface area contributed by atoms with Gasteiger partial charge in [0.05, 0.1) is 26.4 Å². The number of allylic oxidation sites excluding steroid dienone is 2. The number of rotatable bonds is 10. The fourth-order valence-electron chi connectivity index (χ4n) is 3.31. The molecule has 2 heterocycles. The minimum Gasteiger partial charge on any atom is -0.392 e. The third-order valence-corrected chi connectivity index (χ3v) is 5.52. The second-order valence-electron chi connectivity index (χ2n) is 8.23. The van der Waals surface area contributed by atoms with Crippen molar-refractivity contribution < 1.29 is 54.7 Å². The molecule has 2 saturated heterocycles. The molecule has 2 rings (SSSR count). The number of aliphatic hydroxyl groups is 7. The lowest BCUT2D eigenvalue weighted by Gasteiger charge is -2.41. The largest absolute Gasteiger partial charge is 0.392 e. The van der Waals surface area contributed by atoms with E-state index in [2.05, 4.69) is 0 Å². The quantitative estimate of drug-likeness (QED) is 0.177. The molecule has 0 aromatic heterocycles. The fourth-order valence-corrected chi connectivity index (χ4v) is 3.31. The number of hydrogen-bond acceptors (Lipinski definition) is 11. The minimum absolute atomic E-state index is 0.0240. The van der Waals surface area contributed by atoms with Gasteiger partial charge in [0.25, 0.3) is 0 Å². The second-order valence-corrected chi connectivity index (χ2v) is 8.23. The summed E-state index contributed by atoms with van der Waals surface area (Å²) in [6, 6.07) is 0. The zero-order valence-corrected chi connectivity index (χ0v) is 18.4. The highest BCUT2D eigenvalue weighted by Crippen LogP contribution is 2.24. The molecule has 2 aliphatic heterocycles. The van der Waals surface area contributed by atoms with Crippen LogP contribution in [0.4, 0.5) is 0 Å². The highest BCUT2D eigenvalue weighted by molar-refractivity contribution is 5.03. The lowest BCUT2D eigenvalue weighted by atomic mass is 9.99. The van der Waals surface area contributed by atoms with Crippen molar-refractivity contribution >= 4 is 0 Å². The molecule has 2 aliphatic rings. The van der Waals surface area contributed by atoms with Crippen molar-refractivity contribution in [2.24, 2.45) is 0 Å². The maximum Gasteiger partial charge on any atom is 0.187 e. The van der Waals surface area contributed by atoms with Gasteiger partial charge in [-0.05, 0) is 26.7 Å². The van der Waals surface area contributed by atoms with Crippen LogP contribution in [0.25, 0.3) is 0 Å². The maximum absolute atomic E-state index is 10.2. The fraction of sp³-hybridized carbons (Fsp3) is 0.810. The van der Waals surface area contributed by atoms with E-state index in [0.717, 1.165) is 24.0 Å². The highest BCUT2D eigenvalue weighted by Gasteiger charge is 2.45. The topological polar surface area (TPSA) is 179 Å². The first-order valence-electron chi connectivity index (χ1n) is 10.7. The molecule has 186 valence electrons. The van der Waals surface area contributed by atoms with Gasteiger partial charge < -0.3 is 54.7 Å². The molecule has 9 unspecified atom stereocenters. The molecule has 0 radical (unpaired) electrons. The number of hydrogen-bond donors (Lipinski definition) is 7. The monoisotopic (exact) mass is 464 g/mol. The molecular weight excluding hydrogens is 428 g/mol. The zero-order valence-electron chi connectivity index (χ0n) is 18.4. The molecule has 2 fully saturated rings. The van der Waals surface area contributed by atoms with Crippen LogP contribution >= 0.6 is 0 Å². The van der Waals surface area contributed by atoms with Crippen LogP contribution in [0.1, 0.15) is 26.7 Å². The molecule has 9 atom stereocenters. The van der Waals surface area contributed by atoms with E-state index in [1.165, 1.54) is 0 Å². The van der Waals surface area contributed by atoms with E-state index >= 15 is 0 Å². The Morgan fingerprint density at radius 3 is 2.22 bits per heavy atom. The third kappa shape index (κ3) is 7.54. The normalized spacial score (nSPS) is 39.3. The van der Waals surface area contributed by atoms with Gasteiger partial charge in [-0.15, -0.1) is 0 Å². The van der Waals surface area contributed by atoms with Crippen LogP contribution in [0.2, 0.25) is 0 Å². The van der Waals surface area contributed by atoms with Gasteiger partial charge >= 0.3 is 0 Å². The van der Waals surface area contributed by atoms with Crippen LogP contribution in [0.15, 0.2) is 23.3 Å². The van der Waals surface area contributed by atoms with Crippen molar-refractivity contribution in [1.82, 2.24) is 0 Å². The smallest absolute Gasteiger partial charge is 0.187 e. The van der Waals surface area contributed by atoms with Crippen LogP contribution in [0, 0.1) is 0 Å². The molecule has 0 aliphatic carbocycles. The Bertz CT molecular complexity index is 625. The van der Waals surface area contributed by atoms with Crippen LogP contribution in [-0.4, -0.2) is 117 Å². The van der Waals surface area contributed by atoms with E-state index in [0.29, 0.717) is 0 Å². The van der Waals surface area contributed by atoms with E-state index in [1.807, 2.05) is 19.9 Å². The summed E-state index contributed by atoms with van der Waals surface area (Å²) in [6.45, 7) is 3.30. The van der Waals surface area contributed by atoms with Gasteiger partial charge in [-0.2, -0.15) is 0 Å². The first-order chi connectivity index (χ1) is 15.1. The first-order valence-corrected chi connectivity index (χ1v) is 10.7. The summed E-state index contributed by atoms with van der Waals surface area (Å²) in [6.07, 6.45) is -7.05. The molecule has 32 heavy (non-hydrogen) atoms. The summed E-state index contributed by atoms with van der Waals surface area (Å²) < 4.78 is 21.6. The predicted molar refractivity (Wildman–Crippen MR) is 110 cm³/mol. The molecule has 0 aromatic rings. The molecule has 11 nitrogen and oxygen atoms in total. The van der Waals surface area contributed by atoms with Crippen molar-refractivity contribution in [3.8, 4) is 0 Å². The van der Waals surface area contributed by atoms with Crippen LogP contribution in [0.5, 0.6) is 0 Å². The summed E-state index contributed by atoms with van der Waals surface area (Å²) in [5, 5.41) is 68.6. The van der Waals surface area contributed by atoms with Crippen molar-refractivity contribution in [3.05, 3.63) is 23.3 Å². The van der Waals surface area contributed by atoms with Crippen molar-refractivity contribution in [2.75, 3.05) is 26.4 Å². The zero-order chi connectivity index (χ0) is 23.8. The summed E-state index contributed by atoms with van der Waals surface area (Å²) >= 11 is 0. The van der Waals surface area contributed by atoms with Crippen LogP contribution in [0.3, 0.4) is 0 Å². The number of ether oxygens (including phenoxy) is 4. The van der Waals surface area contributed by atoms with Gasteiger partial charge in [-0.1, -0.05) is 23.3 Å². The molecule has 11 heteroatoms. The van der Waals surface area contributed by atoms with Crippen molar-refractivity contribution in [2.45, 2.75) is 82.0 Å². The van der Waals surface area contributed by atoms with E-state index < -0.39 is 55.3 Å². The summed E-state index contributed by atoms with van der Waals surface area (Å²) in [5.41, 5.74) is 1.92. The van der Waals surface area contributed by atoms with Gasteiger partial charge in [-0.25, -0.2) is 0 Å². The van der Waals surface area contributed by atoms with Gasteiger partial charge in [0.1, 0.15) is 42.7 Å². The van der Waals surface area contributed by atoms with Crippen LogP contribution < -0.4 is 0 Å². The molecule has 0 aromatic carbocycles. The first kappa shape index (κ1) is 27.3. The summed E-state index contributed by atoms with van der Waals surface area (Å²) in [4.78, 5) is 0.